The molecular weight excluding hydrogens is 312 g/mol. The summed E-state index contributed by atoms with van der Waals surface area (Å²) in [6.45, 7) is 1.13. The van der Waals surface area contributed by atoms with Crippen LogP contribution in [0.5, 0.6) is 0 Å². The van der Waals surface area contributed by atoms with E-state index in [1.165, 1.54) is 6.08 Å². The average molecular weight is 338 g/mol. The van der Waals surface area contributed by atoms with Crippen LogP contribution in [0.1, 0.15) is 45.4 Å². The van der Waals surface area contributed by atoms with Gasteiger partial charge in [0.1, 0.15) is 6.61 Å². The maximum absolute atomic E-state index is 12.8. The number of aliphatic hydroxyl groups is 2. The first-order valence-corrected chi connectivity index (χ1v) is 8.72. The predicted octanol–water partition coefficient (Wildman–Crippen LogP) is 1.34. The molecule has 0 aromatic carbocycles. The van der Waals surface area contributed by atoms with Crippen LogP contribution in [0.3, 0.4) is 0 Å². The zero-order chi connectivity index (χ0) is 17.4. The zero-order valence-electron chi connectivity index (χ0n) is 14.1. The van der Waals surface area contributed by atoms with Crippen molar-refractivity contribution in [2.24, 2.45) is 17.3 Å². The number of rotatable bonds is 6. The van der Waals surface area contributed by atoms with E-state index in [4.69, 9.17) is 9.47 Å². The van der Waals surface area contributed by atoms with E-state index in [-0.39, 0.29) is 12.6 Å². The molecule has 4 aliphatic rings. The Kier molecular flexibility index (Phi) is 4.71. The third-order valence-electron chi connectivity index (χ3n) is 5.65. The molecule has 3 atom stereocenters. The second-order valence-electron chi connectivity index (χ2n) is 7.81. The maximum atomic E-state index is 12.8. The molecule has 6 nitrogen and oxygen atoms in total. The van der Waals surface area contributed by atoms with Crippen molar-refractivity contribution < 1.29 is 29.3 Å². The van der Waals surface area contributed by atoms with Crippen molar-refractivity contribution in [3.63, 3.8) is 0 Å². The minimum atomic E-state index is -0.866. The van der Waals surface area contributed by atoms with E-state index in [9.17, 15) is 19.8 Å². The minimum absolute atomic E-state index is 0.168. The van der Waals surface area contributed by atoms with Gasteiger partial charge in [0.15, 0.2) is 6.10 Å². The van der Waals surface area contributed by atoms with Crippen molar-refractivity contribution in [2.45, 2.75) is 57.2 Å². The molecule has 0 saturated heterocycles. The minimum Gasteiger partial charge on any atom is -0.458 e. The first kappa shape index (κ1) is 17.4. The summed E-state index contributed by atoms with van der Waals surface area (Å²) in [5.41, 5.74) is -1.38. The second kappa shape index (κ2) is 6.48. The molecule has 0 aromatic heterocycles. The highest BCUT2D eigenvalue weighted by atomic mass is 16.6. The fourth-order valence-corrected chi connectivity index (χ4v) is 5.21. The van der Waals surface area contributed by atoms with Gasteiger partial charge in [-0.2, -0.15) is 0 Å². The topological polar surface area (TPSA) is 93.1 Å². The molecule has 4 saturated carbocycles. The summed E-state index contributed by atoms with van der Waals surface area (Å²) in [6.07, 6.45) is 6.55. The van der Waals surface area contributed by atoms with Crippen molar-refractivity contribution in [3.8, 4) is 0 Å². The van der Waals surface area contributed by atoms with Crippen molar-refractivity contribution in [1.82, 2.24) is 0 Å². The second-order valence-corrected chi connectivity index (χ2v) is 7.81. The van der Waals surface area contributed by atoms with Crippen LogP contribution in [-0.4, -0.2) is 47.1 Å². The van der Waals surface area contributed by atoms with Gasteiger partial charge in [0.2, 0.25) is 0 Å². The predicted molar refractivity (Wildman–Crippen MR) is 84.8 cm³/mol. The maximum Gasteiger partial charge on any atom is 0.330 e. The van der Waals surface area contributed by atoms with Crippen LogP contribution < -0.4 is 0 Å². The van der Waals surface area contributed by atoms with Gasteiger partial charge >= 0.3 is 11.9 Å². The Bertz CT molecular complexity index is 526. The summed E-state index contributed by atoms with van der Waals surface area (Å²) < 4.78 is 10.4. The third kappa shape index (κ3) is 3.35. The first-order chi connectivity index (χ1) is 11.4. The van der Waals surface area contributed by atoms with E-state index in [1.807, 2.05) is 0 Å². The molecule has 4 rings (SSSR count). The average Bonchev–Trinajstić information content (AvgIpc) is 2.49. The number of hydrogen-bond donors (Lipinski definition) is 2. The summed E-state index contributed by atoms with van der Waals surface area (Å²) >= 11 is 0. The largest absolute Gasteiger partial charge is 0.458 e. The molecular formula is C18H26O6. The molecule has 3 unspecified atom stereocenters. The summed E-state index contributed by atoms with van der Waals surface area (Å²) in [5, 5.41) is 20.1. The fourth-order valence-electron chi connectivity index (χ4n) is 5.21. The van der Waals surface area contributed by atoms with Gasteiger partial charge in [-0.1, -0.05) is 6.08 Å². The Morgan fingerprint density at radius 3 is 2.46 bits per heavy atom. The molecule has 2 N–H and O–H groups in total. The highest BCUT2D eigenvalue weighted by molar-refractivity contribution is 5.82. The molecule has 0 heterocycles. The molecule has 0 aliphatic heterocycles. The van der Waals surface area contributed by atoms with Gasteiger partial charge in [0.25, 0.3) is 0 Å². The zero-order valence-corrected chi connectivity index (χ0v) is 14.1. The molecule has 24 heavy (non-hydrogen) atoms. The van der Waals surface area contributed by atoms with Crippen molar-refractivity contribution in [1.29, 1.82) is 0 Å². The van der Waals surface area contributed by atoms with Gasteiger partial charge in [-0.15, -0.1) is 0 Å². The lowest BCUT2D eigenvalue weighted by molar-refractivity contribution is -0.203. The van der Waals surface area contributed by atoms with Crippen LogP contribution in [-0.2, 0) is 19.1 Å². The Labute approximate surface area is 141 Å². The normalized spacial score (nSPS) is 38.3. The highest BCUT2D eigenvalue weighted by Crippen LogP contribution is 2.62. The number of allylic oxidation sites excluding steroid dienone is 1. The SMILES string of the molecule is CC=CC(=O)OCC(CO)OC(=O)C12CC3CC(CC(O)(C3)C1)C2. The van der Waals surface area contributed by atoms with E-state index in [1.54, 1.807) is 13.0 Å². The quantitative estimate of drug-likeness (QED) is 0.561. The summed E-state index contributed by atoms with van der Waals surface area (Å²) in [5.74, 6) is -0.139. The Balaban J connectivity index is 1.62. The molecule has 4 bridgehead atoms. The van der Waals surface area contributed by atoms with Crippen LogP contribution >= 0.6 is 0 Å². The smallest absolute Gasteiger partial charge is 0.330 e. The van der Waals surface area contributed by atoms with Gasteiger partial charge < -0.3 is 19.7 Å². The lowest BCUT2D eigenvalue weighted by Gasteiger charge is -2.58. The first-order valence-electron chi connectivity index (χ1n) is 8.72. The van der Waals surface area contributed by atoms with Crippen molar-refractivity contribution in [3.05, 3.63) is 12.2 Å². The van der Waals surface area contributed by atoms with E-state index in [2.05, 4.69) is 0 Å². The number of hydrogen-bond acceptors (Lipinski definition) is 6. The van der Waals surface area contributed by atoms with E-state index in [0.29, 0.717) is 18.3 Å². The molecule has 4 aliphatic carbocycles. The summed E-state index contributed by atoms with van der Waals surface area (Å²) in [4.78, 5) is 24.1. The number of esters is 2. The van der Waals surface area contributed by atoms with Crippen LogP contribution in [0, 0.1) is 17.3 Å². The number of ether oxygens (including phenoxy) is 2. The Hall–Kier alpha value is -1.40. The number of aliphatic hydroxyl groups excluding tert-OH is 1. The molecule has 0 radical (unpaired) electrons. The third-order valence-corrected chi connectivity index (χ3v) is 5.65. The Morgan fingerprint density at radius 1 is 1.25 bits per heavy atom. The summed E-state index contributed by atoms with van der Waals surface area (Å²) in [6, 6.07) is 0. The standard InChI is InChI=1S/C18H26O6/c1-2-3-15(20)23-10-14(9-19)24-16(21)17-5-12-4-13(6-17)8-18(22,7-12)11-17/h2-3,12-14,19,22H,4-11H2,1H3. The molecule has 134 valence electrons. The van der Waals surface area contributed by atoms with Crippen LogP contribution in [0.15, 0.2) is 12.2 Å². The fraction of sp³-hybridized carbons (Fsp3) is 0.778. The van der Waals surface area contributed by atoms with Crippen LogP contribution in [0.2, 0.25) is 0 Å². The molecule has 0 aromatic rings. The lowest BCUT2D eigenvalue weighted by atomic mass is 9.48. The summed E-state index contributed by atoms with van der Waals surface area (Å²) in [7, 11) is 0. The van der Waals surface area contributed by atoms with Gasteiger partial charge in [-0.25, -0.2) is 4.79 Å². The van der Waals surface area contributed by atoms with Crippen molar-refractivity contribution in [2.75, 3.05) is 13.2 Å². The van der Waals surface area contributed by atoms with Gasteiger partial charge in [0.05, 0.1) is 17.6 Å². The van der Waals surface area contributed by atoms with E-state index < -0.39 is 29.7 Å². The number of carbonyl (C=O) groups is 2. The highest BCUT2D eigenvalue weighted by Gasteiger charge is 2.61. The molecule has 0 amide bonds. The van der Waals surface area contributed by atoms with Gasteiger partial charge in [-0.05, 0) is 57.3 Å². The number of carbonyl (C=O) groups excluding carboxylic acids is 2. The van der Waals surface area contributed by atoms with Crippen LogP contribution in [0.25, 0.3) is 0 Å². The van der Waals surface area contributed by atoms with Gasteiger partial charge in [-0.3, -0.25) is 4.79 Å². The molecule has 0 spiro atoms. The van der Waals surface area contributed by atoms with Crippen LogP contribution in [0.4, 0.5) is 0 Å². The van der Waals surface area contributed by atoms with E-state index in [0.717, 1.165) is 32.1 Å². The molecule has 6 heteroatoms. The van der Waals surface area contributed by atoms with E-state index >= 15 is 0 Å². The van der Waals surface area contributed by atoms with Crippen molar-refractivity contribution >= 4 is 11.9 Å². The monoisotopic (exact) mass is 338 g/mol. The van der Waals surface area contributed by atoms with Gasteiger partial charge in [0, 0.05) is 6.08 Å². The lowest BCUT2D eigenvalue weighted by Crippen LogP contribution is -2.59. The Morgan fingerprint density at radius 2 is 1.92 bits per heavy atom. The molecule has 4 fully saturated rings.